The number of guanidine groups is 1. The second-order valence-corrected chi connectivity index (χ2v) is 8.51. The van der Waals surface area contributed by atoms with Crippen molar-refractivity contribution in [3.63, 3.8) is 0 Å². The molecule has 0 radical (unpaired) electrons. The van der Waals surface area contributed by atoms with Gasteiger partial charge in [-0.2, -0.15) is 0 Å². The molecular formula is C20H39IN6O2. The summed E-state index contributed by atoms with van der Waals surface area (Å²) in [5, 5.41) is 6.55. The van der Waals surface area contributed by atoms with Crippen molar-refractivity contribution < 1.29 is 9.53 Å². The lowest BCUT2D eigenvalue weighted by Gasteiger charge is -2.42. The zero-order chi connectivity index (χ0) is 20.0. The van der Waals surface area contributed by atoms with Crippen LogP contribution in [0.3, 0.4) is 0 Å². The summed E-state index contributed by atoms with van der Waals surface area (Å²) in [7, 11) is 4.30. The quantitative estimate of drug-likeness (QED) is 0.290. The standard InChI is InChI=1S/C20H38N6O2.HI/c1-4-21-19(22-16-20(24(2)3)7-13-28-14-8-20)26-11-9-25(10-12-26)15-18(27)23-17-5-6-17;/h17H,4-16H2,1-3H3,(H,21,22)(H,23,27);1H. The van der Waals surface area contributed by atoms with Gasteiger partial charge in [0, 0.05) is 57.5 Å². The van der Waals surface area contributed by atoms with Gasteiger partial charge in [0.1, 0.15) is 0 Å². The number of carbonyl (C=O) groups excluding carboxylic acids is 1. The Hall–Kier alpha value is -0.650. The molecule has 0 aromatic carbocycles. The number of nitrogens with one attached hydrogen (secondary N) is 2. The lowest BCUT2D eigenvalue weighted by Crippen LogP contribution is -2.55. The number of likely N-dealkylation sites (N-methyl/N-ethyl adjacent to an activating group) is 1. The monoisotopic (exact) mass is 522 g/mol. The zero-order valence-electron chi connectivity index (χ0n) is 18.3. The van der Waals surface area contributed by atoms with Crippen LogP contribution in [0.15, 0.2) is 4.99 Å². The van der Waals surface area contributed by atoms with E-state index in [4.69, 9.17) is 9.73 Å². The molecule has 3 fully saturated rings. The summed E-state index contributed by atoms with van der Waals surface area (Å²) in [6.45, 7) is 9.51. The van der Waals surface area contributed by atoms with Crippen LogP contribution in [0, 0.1) is 0 Å². The number of aliphatic imine (C=N–C) groups is 1. The fourth-order valence-corrected chi connectivity index (χ4v) is 3.97. The highest BCUT2D eigenvalue weighted by Crippen LogP contribution is 2.26. The molecule has 0 unspecified atom stereocenters. The van der Waals surface area contributed by atoms with E-state index >= 15 is 0 Å². The van der Waals surface area contributed by atoms with Crippen molar-refractivity contribution in [3.8, 4) is 0 Å². The van der Waals surface area contributed by atoms with Crippen molar-refractivity contribution in [2.75, 3.05) is 73.1 Å². The highest BCUT2D eigenvalue weighted by molar-refractivity contribution is 14.0. The molecule has 9 heteroatoms. The van der Waals surface area contributed by atoms with Gasteiger partial charge in [0.25, 0.3) is 0 Å². The molecule has 3 rings (SSSR count). The van der Waals surface area contributed by atoms with Crippen LogP contribution < -0.4 is 10.6 Å². The van der Waals surface area contributed by atoms with Crippen LogP contribution in [0.4, 0.5) is 0 Å². The Morgan fingerprint density at radius 2 is 1.83 bits per heavy atom. The maximum absolute atomic E-state index is 12.0. The third-order valence-electron chi connectivity index (χ3n) is 6.21. The first-order valence-corrected chi connectivity index (χ1v) is 10.8. The molecule has 3 aliphatic rings. The van der Waals surface area contributed by atoms with Gasteiger partial charge in [-0.15, -0.1) is 24.0 Å². The summed E-state index contributed by atoms with van der Waals surface area (Å²) in [6, 6.07) is 0.440. The number of piperazine rings is 1. The average molecular weight is 522 g/mol. The molecule has 1 amide bonds. The Labute approximate surface area is 192 Å². The number of halogens is 1. The summed E-state index contributed by atoms with van der Waals surface area (Å²) >= 11 is 0. The smallest absolute Gasteiger partial charge is 0.234 e. The number of amides is 1. The van der Waals surface area contributed by atoms with Gasteiger partial charge in [0.05, 0.1) is 13.1 Å². The molecule has 2 heterocycles. The van der Waals surface area contributed by atoms with E-state index in [2.05, 4.69) is 46.4 Å². The molecule has 0 atom stereocenters. The van der Waals surface area contributed by atoms with Crippen LogP contribution in [0.5, 0.6) is 0 Å². The first kappa shape index (κ1) is 24.6. The van der Waals surface area contributed by atoms with Crippen molar-refractivity contribution in [1.82, 2.24) is 25.3 Å². The van der Waals surface area contributed by atoms with E-state index in [1.165, 1.54) is 0 Å². The van der Waals surface area contributed by atoms with Gasteiger partial charge in [-0.05, 0) is 46.7 Å². The number of rotatable bonds is 7. The van der Waals surface area contributed by atoms with E-state index in [0.717, 1.165) is 84.1 Å². The van der Waals surface area contributed by atoms with E-state index in [-0.39, 0.29) is 35.4 Å². The maximum Gasteiger partial charge on any atom is 0.234 e. The molecule has 0 spiro atoms. The molecule has 2 N–H and O–H groups in total. The molecule has 0 bridgehead atoms. The summed E-state index contributed by atoms with van der Waals surface area (Å²) in [6.07, 6.45) is 4.32. The molecule has 168 valence electrons. The Kier molecular flexibility index (Phi) is 9.90. The third kappa shape index (κ3) is 7.22. The number of nitrogens with zero attached hydrogens (tertiary/aromatic N) is 4. The Balaban J connectivity index is 0.00000300. The fraction of sp³-hybridized carbons (Fsp3) is 0.900. The van der Waals surface area contributed by atoms with Crippen LogP contribution >= 0.6 is 24.0 Å². The first-order chi connectivity index (χ1) is 13.5. The molecule has 2 aliphatic heterocycles. The normalized spacial score (nSPS) is 22.9. The second kappa shape index (κ2) is 11.7. The summed E-state index contributed by atoms with van der Waals surface area (Å²) in [4.78, 5) is 24.0. The minimum atomic E-state index is 0. The van der Waals surface area contributed by atoms with E-state index in [1.54, 1.807) is 0 Å². The fourth-order valence-electron chi connectivity index (χ4n) is 3.97. The molecule has 8 nitrogen and oxygen atoms in total. The van der Waals surface area contributed by atoms with Gasteiger partial charge >= 0.3 is 0 Å². The highest BCUT2D eigenvalue weighted by atomic mass is 127. The van der Waals surface area contributed by atoms with Crippen LogP contribution in [-0.2, 0) is 9.53 Å². The molecule has 2 saturated heterocycles. The summed E-state index contributed by atoms with van der Waals surface area (Å²) in [5.74, 6) is 1.17. The van der Waals surface area contributed by atoms with Crippen molar-refractivity contribution in [1.29, 1.82) is 0 Å². The Bertz CT molecular complexity index is 541. The largest absolute Gasteiger partial charge is 0.381 e. The van der Waals surface area contributed by atoms with Gasteiger partial charge in [0.15, 0.2) is 5.96 Å². The minimum absolute atomic E-state index is 0. The summed E-state index contributed by atoms with van der Waals surface area (Å²) < 4.78 is 5.58. The highest BCUT2D eigenvalue weighted by Gasteiger charge is 2.35. The van der Waals surface area contributed by atoms with E-state index < -0.39 is 0 Å². The van der Waals surface area contributed by atoms with Crippen molar-refractivity contribution in [2.45, 2.75) is 44.2 Å². The van der Waals surface area contributed by atoms with Crippen LogP contribution in [0.1, 0.15) is 32.6 Å². The number of carbonyl (C=O) groups is 1. The third-order valence-corrected chi connectivity index (χ3v) is 6.21. The SMILES string of the molecule is CCNC(=NCC1(N(C)C)CCOCC1)N1CCN(CC(=O)NC2CC2)CC1.I. The minimum Gasteiger partial charge on any atom is -0.381 e. The lowest BCUT2D eigenvalue weighted by atomic mass is 9.89. The Morgan fingerprint density at radius 3 is 2.38 bits per heavy atom. The zero-order valence-corrected chi connectivity index (χ0v) is 20.6. The first-order valence-electron chi connectivity index (χ1n) is 10.8. The molecule has 29 heavy (non-hydrogen) atoms. The van der Waals surface area contributed by atoms with Crippen LogP contribution in [0.25, 0.3) is 0 Å². The van der Waals surface area contributed by atoms with Gasteiger partial charge in [0.2, 0.25) is 5.91 Å². The van der Waals surface area contributed by atoms with Gasteiger partial charge in [-0.1, -0.05) is 0 Å². The molecule has 1 aliphatic carbocycles. The summed E-state index contributed by atoms with van der Waals surface area (Å²) in [5.41, 5.74) is 0.0850. The van der Waals surface area contributed by atoms with Crippen LogP contribution in [-0.4, -0.2) is 111 Å². The number of ether oxygens (including phenoxy) is 1. The maximum atomic E-state index is 12.0. The molecule has 1 saturated carbocycles. The van der Waals surface area contributed by atoms with Crippen molar-refractivity contribution in [2.24, 2.45) is 4.99 Å². The van der Waals surface area contributed by atoms with E-state index in [9.17, 15) is 4.79 Å². The van der Waals surface area contributed by atoms with Crippen molar-refractivity contribution in [3.05, 3.63) is 0 Å². The Morgan fingerprint density at radius 1 is 1.17 bits per heavy atom. The van der Waals surface area contributed by atoms with Crippen molar-refractivity contribution >= 4 is 35.8 Å². The second-order valence-electron chi connectivity index (χ2n) is 8.51. The van der Waals surface area contributed by atoms with Gasteiger partial charge < -0.3 is 25.2 Å². The molecule has 0 aromatic heterocycles. The molecular weight excluding hydrogens is 483 g/mol. The van der Waals surface area contributed by atoms with E-state index in [1.807, 2.05) is 0 Å². The predicted molar refractivity (Wildman–Crippen MR) is 127 cm³/mol. The topological polar surface area (TPSA) is 72.4 Å². The van der Waals surface area contributed by atoms with Crippen LogP contribution in [0.2, 0.25) is 0 Å². The average Bonchev–Trinajstić information content (AvgIpc) is 3.50. The molecule has 0 aromatic rings. The van der Waals surface area contributed by atoms with E-state index in [0.29, 0.717) is 12.6 Å². The number of hydrogen-bond acceptors (Lipinski definition) is 5. The number of hydrogen-bond donors (Lipinski definition) is 2. The van der Waals surface area contributed by atoms with Gasteiger partial charge in [-0.25, -0.2) is 0 Å². The van der Waals surface area contributed by atoms with Gasteiger partial charge in [-0.3, -0.25) is 14.7 Å². The lowest BCUT2D eigenvalue weighted by molar-refractivity contribution is -0.122. The predicted octanol–water partition coefficient (Wildman–Crippen LogP) is 0.577.